The fourth-order valence-electron chi connectivity index (χ4n) is 1.44. The number of halogens is 1. The summed E-state index contributed by atoms with van der Waals surface area (Å²) in [6, 6.07) is 0.289. The molecule has 0 spiro atoms. The molecule has 0 unspecified atom stereocenters. The van der Waals surface area contributed by atoms with E-state index in [-0.39, 0.29) is 18.4 Å². The molecule has 66 valence electrons. The minimum atomic E-state index is -0.682. The molecule has 4 heteroatoms. The van der Waals surface area contributed by atoms with Crippen molar-refractivity contribution in [1.82, 2.24) is 4.90 Å². The van der Waals surface area contributed by atoms with E-state index in [0.29, 0.717) is 6.42 Å². The van der Waals surface area contributed by atoms with Crippen molar-refractivity contribution >= 4 is 18.4 Å². The lowest BCUT2D eigenvalue weighted by Gasteiger charge is -2.16. The number of aliphatic carboxylic acids is 1. The summed E-state index contributed by atoms with van der Waals surface area (Å²) in [4.78, 5) is 12.4. The molecular formula is C7H14ClNO2. The Morgan fingerprint density at radius 1 is 1.73 bits per heavy atom. The smallest absolute Gasteiger partial charge is 0.304 e. The van der Waals surface area contributed by atoms with Crippen LogP contribution >= 0.6 is 12.4 Å². The van der Waals surface area contributed by atoms with E-state index in [2.05, 4.69) is 4.90 Å². The van der Waals surface area contributed by atoms with E-state index in [1.165, 1.54) is 0 Å². The van der Waals surface area contributed by atoms with Crippen molar-refractivity contribution in [3.8, 4) is 0 Å². The van der Waals surface area contributed by atoms with Gasteiger partial charge in [-0.05, 0) is 26.4 Å². The summed E-state index contributed by atoms with van der Waals surface area (Å²) in [6.45, 7) is 1.05. The predicted molar refractivity (Wildman–Crippen MR) is 45.2 cm³/mol. The minimum Gasteiger partial charge on any atom is -0.481 e. The Kier molecular flexibility index (Phi) is 4.45. The Bertz CT molecular complexity index is 140. The summed E-state index contributed by atoms with van der Waals surface area (Å²) in [5.74, 6) is -0.682. The average Bonchev–Trinajstić information content (AvgIpc) is 2.15. The molecule has 11 heavy (non-hydrogen) atoms. The van der Waals surface area contributed by atoms with Crippen LogP contribution in [-0.2, 0) is 4.79 Å². The van der Waals surface area contributed by atoms with Crippen molar-refractivity contribution in [1.29, 1.82) is 0 Å². The fourth-order valence-corrected chi connectivity index (χ4v) is 1.44. The highest BCUT2D eigenvalue weighted by Gasteiger charge is 2.22. The van der Waals surface area contributed by atoms with E-state index in [4.69, 9.17) is 5.11 Å². The van der Waals surface area contributed by atoms with Gasteiger partial charge in [0.1, 0.15) is 0 Å². The summed E-state index contributed by atoms with van der Waals surface area (Å²) in [5.41, 5.74) is 0. The quantitative estimate of drug-likeness (QED) is 0.687. The van der Waals surface area contributed by atoms with Crippen LogP contribution in [0.15, 0.2) is 0 Å². The Labute approximate surface area is 72.8 Å². The number of carbonyl (C=O) groups is 1. The molecule has 1 aliphatic rings. The molecule has 1 heterocycles. The van der Waals surface area contributed by atoms with Crippen LogP contribution in [0.5, 0.6) is 0 Å². The zero-order valence-electron chi connectivity index (χ0n) is 6.62. The molecule has 0 radical (unpaired) electrons. The first kappa shape index (κ1) is 10.7. The second kappa shape index (κ2) is 4.57. The Morgan fingerprint density at radius 3 is 2.73 bits per heavy atom. The molecular weight excluding hydrogens is 166 g/mol. The van der Waals surface area contributed by atoms with E-state index in [9.17, 15) is 4.79 Å². The van der Waals surface area contributed by atoms with Crippen molar-refractivity contribution < 1.29 is 9.90 Å². The highest BCUT2D eigenvalue weighted by molar-refractivity contribution is 5.85. The number of nitrogens with zero attached hydrogens (tertiary/aromatic N) is 1. The van der Waals surface area contributed by atoms with Crippen LogP contribution in [-0.4, -0.2) is 35.6 Å². The lowest BCUT2D eigenvalue weighted by Crippen LogP contribution is -2.27. The van der Waals surface area contributed by atoms with Crippen LogP contribution in [0.25, 0.3) is 0 Å². The van der Waals surface area contributed by atoms with Gasteiger partial charge in [-0.1, -0.05) is 0 Å². The molecule has 0 aromatic heterocycles. The molecule has 0 aromatic carbocycles. The zero-order chi connectivity index (χ0) is 7.56. The first-order valence-electron chi connectivity index (χ1n) is 3.62. The lowest BCUT2D eigenvalue weighted by atomic mass is 10.1. The van der Waals surface area contributed by atoms with Crippen molar-refractivity contribution in [3.05, 3.63) is 0 Å². The number of carboxylic acids is 1. The van der Waals surface area contributed by atoms with Crippen LogP contribution in [0, 0.1) is 0 Å². The third kappa shape index (κ3) is 3.08. The van der Waals surface area contributed by atoms with E-state index in [1.54, 1.807) is 0 Å². The Balaban J connectivity index is 0.000001000. The molecule has 1 rings (SSSR count). The van der Waals surface area contributed by atoms with Crippen molar-refractivity contribution in [2.24, 2.45) is 0 Å². The van der Waals surface area contributed by atoms with Gasteiger partial charge in [0.05, 0.1) is 6.42 Å². The summed E-state index contributed by atoms with van der Waals surface area (Å²) < 4.78 is 0. The monoisotopic (exact) mass is 179 g/mol. The first-order valence-corrected chi connectivity index (χ1v) is 3.62. The van der Waals surface area contributed by atoms with Crippen LogP contribution in [0.1, 0.15) is 19.3 Å². The zero-order valence-corrected chi connectivity index (χ0v) is 7.43. The van der Waals surface area contributed by atoms with Crippen LogP contribution < -0.4 is 0 Å². The molecule has 1 saturated heterocycles. The van der Waals surface area contributed by atoms with Gasteiger partial charge in [0.2, 0.25) is 0 Å². The highest BCUT2D eigenvalue weighted by atomic mass is 35.5. The van der Waals surface area contributed by atoms with E-state index >= 15 is 0 Å². The Hall–Kier alpha value is -0.280. The maximum absolute atomic E-state index is 10.3. The van der Waals surface area contributed by atoms with E-state index < -0.39 is 5.97 Å². The molecule has 1 atom stereocenters. The molecule has 3 nitrogen and oxygen atoms in total. The number of likely N-dealkylation sites (tertiary alicyclic amines) is 1. The summed E-state index contributed by atoms with van der Waals surface area (Å²) in [5, 5.41) is 8.46. The second-order valence-electron chi connectivity index (χ2n) is 2.87. The molecule has 1 N–H and O–H groups in total. The van der Waals surface area contributed by atoms with Crippen molar-refractivity contribution in [2.45, 2.75) is 25.3 Å². The third-order valence-corrected chi connectivity index (χ3v) is 2.08. The van der Waals surface area contributed by atoms with Gasteiger partial charge in [0.15, 0.2) is 0 Å². The van der Waals surface area contributed by atoms with Crippen LogP contribution in [0.4, 0.5) is 0 Å². The van der Waals surface area contributed by atoms with Gasteiger partial charge >= 0.3 is 5.97 Å². The van der Waals surface area contributed by atoms with Gasteiger partial charge in [-0.3, -0.25) is 4.79 Å². The van der Waals surface area contributed by atoms with Gasteiger partial charge in [0.25, 0.3) is 0 Å². The van der Waals surface area contributed by atoms with E-state index in [0.717, 1.165) is 19.4 Å². The normalized spacial score (nSPS) is 24.6. The number of carboxylic acid groups (broad SMARTS) is 1. The molecule has 0 saturated carbocycles. The van der Waals surface area contributed by atoms with Gasteiger partial charge in [0, 0.05) is 6.04 Å². The van der Waals surface area contributed by atoms with Crippen LogP contribution in [0.3, 0.4) is 0 Å². The molecule has 1 fully saturated rings. The molecule has 0 aromatic rings. The van der Waals surface area contributed by atoms with Gasteiger partial charge in [-0.25, -0.2) is 0 Å². The maximum atomic E-state index is 10.3. The fraction of sp³-hybridized carbons (Fsp3) is 0.857. The summed E-state index contributed by atoms with van der Waals surface area (Å²) in [7, 11) is 1.99. The topological polar surface area (TPSA) is 40.5 Å². The van der Waals surface area contributed by atoms with Gasteiger partial charge in [-0.2, -0.15) is 0 Å². The molecule has 0 aliphatic carbocycles. The molecule has 0 amide bonds. The average molecular weight is 180 g/mol. The minimum absolute atomic E-state index is 0. The van der Waals surface area contributed by atoms with Crippen molar-refractivity contribution in [3.63, 3.8) is 0 Å². The number of hydrogen-bond acceptors (Lipinski definition) is 2. The lowest BCUT2D eigenvalue weighted by molar-refractivity contribution is -0.138. The summed E-state index contributed by atoms with van der Waals surface area (Å²) in [6.07, 6.45) is 2.49. The SMILES string of the molecule is CN1CCC[C@@H]1CC(=O)O.Cl. The van der Waals surface area contributed by atoms with Gasteiger partial charge in [-0.15, -0.1) is 12.4 Å². The largest absolute Gasteiger partial charge is 0.481 e. The maximum Gasteiger partial charge on any atom is 0.304 e. The second-order valence-corrected chi connectivity index (χ2v) is 2.87. The van der Waals surface area contributed by atoms with Gasteiger partial charge < -0.3 is 10.0 Å². The third-order valence-electron chi connectivity index (χ3n) is 2.08. The molecule has 1 aliphatic heterocycles. The molecule has 0 bridgehead atoms. The number of rotatable bonds is 2. The number of hydrogen-bond donors (Lipinski definition) is 1. The Morgan fingerprint density at radius 2 is 2.36 bits per heavy atom. The standard InChI is InChI=1S/C7H13NO2.ClH/c1-8-4-2-3-6(8)5-7(9)10;/h6H,2-5H2,1H3,(H,9,10);1H/t6-;/m1./s1. The van der Waals surface area contributed by atoms with Crippen LogP contribution in [0.2, 0.25) is 0 Å². The van der Waals surface area contributed by atoms with Crippen molar-refractivity contribution in [2.75, 3.05) is 13.6 Å². The summed E-state index contributed by atoms with van der Waals surface area (Å²) >= 11 is 0. The predicted octanol–water partition coefficient (Wildman–Crippen LogP) is 0.977. The van der Waals surface area contributed by atoms with E-state index in [1.807, 2.05) is 7.05 Å². The first-order chi connectivity index (χ1) is 4.70. The highest BCUT2D eigenvalue weighted by Crippen LogP contribution is 2.17.